The Morgan fingerprint density at radius 1 is 1.33 bits per heavy atom. The molecule has 86 valence electrons. The molecule has 0 radical (unpaired) electrons. The second-order valence-corrected chi connectivity index (χ2v) is 6.13. The van der Waals surface area contributed by atoms with Crippen molar-refractivity contribution in [3.8, 4) is 0 Å². The third-order valence-electron chi connectivity index (χ3n) is 2.45. The highest BCUT2D eigenvalue weighted by atomic mass is 28.4. The fraction of sp³-hybridized carbons (Fsp3) is 0.857. The Hall–Kier alpha value is -0.513. The number of carboxylic acids is 1. The summed E-state index contributed by atoms with van der Waals surface area (Å²) in [5.41, 5.74) is 0. The van der Waals surface area contributed by atoms with E-state index in [-0.39, 0.29) is 6.42 Å². The number of rotatable bonds is 1. The molecule has 0 aromatic heterocycles. The lowest BCUT2D eigenvalue weighted by molar-refractivity contribution is -0.235. The summed E-state index contributed by atoms with van der Waals surface area (Å²) < 4.78 is 15.4. The lowest BCUT2D eigenvalue weighted by Crippen LogP contribution is -2.66. The Morgan fingerprint density at radius 2 is 2.00 bits per heavy atom. The van der Waals surface area contributed by atoms with E-state index < -0.39 is 39.4 Å². The minimum Gasteiger partial charge on any atom is -0.479 e. The van der Waals surface area contributed by atoms with Crippen molar-refractivity contribution in [3.05, 3.63) is 0 Å². The van der Waals surface area contributed by atoms with Crippen LogP contribution in [0.4, 0.5) is 0 Å². The predicted octanol–water partition coefficient (Wildman–Crippen LogP) is -1.48. The molecule has 15 heavy (non-hydrogen) atoms. The van der Waals surface area contributed by atoms with Gasteiger partial charge < -0.3 is 28.6 Å². The molecule has 5 unspecified atom stereocenters. The van der Waals surface area contributed by atoms with Gasteiger partial charge in [0.1, 0.15) is 12.2 Å². The number of fused-ring (bicyclic) bond motifs is 2. The van der Waals surface area contributed by atoms with E-state index in [9.17, 15) is 15.0 Å². The number of aliphatic carboxylic acids is 1. The highest BCUT2D eigenvalue weighted by Crippen LogP contribution is 2.33. The first-order valence-corrected chi connectivity index (χ1v) is 6.76. The van der Waals surface area contributed by atoms with Gasteiger partial charge in [-0.3, -0.25) is 0 Å². The van der Waals surface area contributed by atoms with Gasteiger partial charge in [0.25, 0.3) is 0 Å². The van der Waals surface area contributed by atoms with Crippen LogP contribution in [0.2, 0.25) is 6.55 Å². The van der Waals surface area contributed by atoms with Gasteiger partial charge in [0, 0.05) is 13.0 Å². The molecule has 0 aromatic rings. The third kappa shape index (κ3) is 1.91. The largest absolute Gasteiger partial charge is 0.500 e. The predicted molar refractivity (Wildman–Crippen MR) is 46.7 cm³/mol. The van der Waals surface area contributed by atoms with Crippen LogP contribution in [0.25, 0.3) is 0 Å². The Labute approximate surface area is 86.6 Å². The zero-order chi connectivity index (χ0) is 11.2. The number of aliphatic hydroxyl groups is 2. The first-order chi connectivity index (χ1) is 6.91. The first-order valence-electron chi connectivity index (χ1n) is 4.54. The highest BCUT2D eigenvalue weighted by Gasteiger charge is 2.56. The average Bonchev–Trinajstić information content (AvgIpc) is 2.13. The van der Waals surface area contributed by atoms with E-state index >= 15 is 0 Å². The van der Waals surface area contributed by atoms with E-state index in [2.05, 4.69) is 0 Å². The summed E-state index contributed by atoms with van der Waals surface area (Å²) in [5.74, 6) is -1.12. The molecular weight excluding hydrogens is 224 g/mol. The highest BCUT2D eigenvalue weighted by molar-refractivity contribution is 6.59. The summed E-state index contributed by atoms with van der Waals surface area (Å²) in [6.45, 7) is 1.49. The topological polar surface area (TPSA) is 105 Å². The zero-order valence-corrected chi connectivity index (χ0v) is 8.99. The van der Waals surface area contributed by atoms with Gasteiger partial charge in [-0.2, -0.15) is 0 Å². The van der Waals surface area contributed by atoms with Gasteiger partial charge in [-0.1, -0.05) is 0 Å². The average molecular weight is 236 g/mol. The normalized spacial score (nSPS) is 50.1. The monoisotopic (exact) mass is 236 g/mol. The van der Waals surface area contributed by atoms with Crippen molar-refractivity contribution in [2.75, 3.05) is 0 Å². The maximum atomic E-state index is 10.8. The molecule has 2 fully saturated rings. The smallest absolute Gasteiger partial charge is 0.479 e. The summed E-state index contributed by atoms with van der Waals surface area (Å²) in [7, 11) is -3.11. The van der Waals surface area contributed by atoms with E-state index in [0.717, 1.165) is 0 Å². The molecule has 0 spiro atoms. The van der Waals surface area contributed by atoms with Crippen LogP contribution < -0.4 is 0 Å². The molecule has 0 saturated carbocycles. The molecule has 2 rings (SSSR count). The van der Waals surface area contributed by atoms with Crippen molar-refractivity contribution in [2.24, 2.45) is 0 Å². The van der Waals surface area contributed by atoms with Crippen LogP contribution in [0.15, 0.2) is 0 Å². The summed E-state index contributed by atoms with van der Waals surface area (Å²) in [6.07, 6.45) is -4.35. The maximum absolute atomic E-state index is 10.8. The van der Waals surface area contributed by atoms with Gasteiger partial charge in [-0.15, -0.1) is 0 Å². The lowest BCUT2D eigenvalue weighted by Gasteiger charge is -2.46. The van der Waals surface area contributed by atoms with Gasteiger partial charge >= 0.3 is 14.8 Å². The van der Waals surface area contributed by atoms with Crippen LogP contribution in [-0.2, 0) is 18.1 Å². The van der Waals surface area contributed by atoms with Gasteiger partial charge in [-0.05, 0) is 0 Å². The van der Waals surface area contributed by atoms with Crippen LogP contribution in [0.3, 0.4) is 0 Å². The van der Waals surface area contributed by atoms with E-state index in [1.807, 2.05) is 0 Å². The first kappa shape index (κ1) is 11.0. The fourth-order valence-electron chi connectivity index (χ4n) is 1.76. The van der Waals surface area contributed by atoms with Crippen molar-refractivity contribution < 1.29 is 33.4 Å². The number of hydrogen-bond acceptors (Lipinski definition) is 6. The van der Waals surface area contributed by atoms with Crippen LogP contribution in [0.5, 0.6) is 0 Å². The Balaban J connectivity index is 2.18. The standard InChI is InChI=1S/C7H12O7Si/c1-15-12-3(5(8)7(11)14-15)2-4(13-15)6(9)10/h3-5,7-8,11H,2H2,1H3,(H,9,10). The lowest BCUT2D eigenvalue weighted by atomic mass is 10.1. The number of carbonyl (C=O) groups is 1. The Bertz CT molecular complexity index is 281. The molecule has 0 aliphatic carbocycles. The number of hydrogen-bond donors (Lipinski definition) is 3. The van der Waals surface area contributed by atoms with Crippen LogP contribution in [-0.4, -0.2) is 54.7 Å². The van der Waals surface area contributed by atoms with Crippen molar-refractivity contribution in [1.29, 1.82) is 0 Å². The molecule has 2 heterocycles. The summed E-state index contributed by atoms with van der Waals surface area (Å²) in [6, 6.07) is 0. The molecule has 5 atom stereocenters. The quantitative estimate of drug-likeness (QED) is 0.477. The van der Waals surface area contributed by atoms with Gasteiger partial charge in [0.15, 0.2) is 6.29 Å². The van der Waals surface area contributed by atoms with E-state index in [4.69, 9.17) is 18.4 Å². The molecule has 2 bridgehead atoms. The molecule has 0 amide bonds. The summed E-state index contributed by atoms with van der Waals surface area (Å²) in [5, 5.41) is 27.6. The van der Waals surface area contributed by atoms with Crippen molar-refractivity contribution in [2.45, 2.75) is 37.6 Å². The van der Waals surface area contributed by atoms with E-state index in [0.29, 0.717) is 0 Å². The number of aliphatic hydroxyl groups excluding tert-OH is 2. The molecule has 7 nitrogen and oxygen atoms in total. The minimum absolute atomic E-state index is 0.0134. The molecule has 0 aromatic carbocycles. The SMILES string of the molecule is C[Si]12OC(C(=O)O)CC(O1)C(O)C(O)O2. The Morgan fingerprint density at radius 3 is 2.60 bits per heavy atom. The van der Waals surface area contributed by atoms with Gasteiger partial charge in [-0.25, -0.2) is 4.79 Å². The Kier molecular flexibility index (Phi) is 2.57. The van der Waals surface area contributed by atoms with Crippen molar-refractivity contribution in [1.82, 2.24) is 0 Å². The second-order valence-electron chi connectivity index (χ2n) is 3.70. The van der Waals surface area contributed by atoms with Crippen LogP contribution in [0, 0.1) is 0 Å². The zero-order valence-electron chi connectivity index (χ0n) is 7.99. The van der Waals surface area contributed by atoms with E-state index in [1.54, 1.807) is 0 Å². The molecule has 2 aliphatic rings. The molecule has 2 aliphatic heterocycles. The van der Waals surface area contributed by atoms with Crippen molar-refractivity contribution >= 4 is 14.8 Å². The molecule has 2 saturated heterocycles. The summed E-state index contributed by atoms with van der Waals surface area (Å²) >= 11 is 0. The van der Waals surface area contributed by atoms with Gasteiger partial charge in [0.05, 0.1) is 6.10 Å². The van der Waals surface area contributed by atoms with Crippen molar-refractivity contribution in [3.63, 3.8) is 0 Å². The molecule has 8 heteroatoms. The second kappa shape index (κ2) is 3.51. The summed E-state index contributed by atoms with van der Waals surface area (Å²) in [4.78, 5) is 10.8. The van der Waals surface area contributed by atoms with Crippen LogP contribution in [0.1, 0.15) is 6.42 Å². The molecule has 3 N–H and O–H groups in total. The number of carboxylic acid groups (broad SMARTS) is 1. The van der Waals surface area contributed by atoms with Crippen LogP contribution >= 0.6 is 0 Å². The molecular formula is C7H12O7Si. The fourth-order valence-corrected chi connectivity index (χ4v) is 4.00. The third-order valence-corrected chi connectivity index (χ3v) is 4.56. The minimum atomic E-state index is -3.11. The van der Waals surface area contributed by atoms with E-state index in [1.165, 1.54) is 6.55 Å². The van der Waals surface area contributed by atoms with Gasteiger partial charge in [0.2, 0.25) is 0 Å². The maximum Gasteiger partial charge on any atom is 0.500 e.